The molecule has 2 aliphatic carbocycles. The van der Waals surface area contributed by atoms with E-state index in [1.54, 1.807) is 11.4 Å². The van der Waals surface area contributed by atoms with Crippen LogP contribution < -0.4 is 5.32 Å². The van der Waals surface area contributed by atoms with Gasteiger partial charge in [-0.25, -0.2) is 8.60 Å². The third-order valence-corrected chi connectivity index (χ3v) is 8.73. The van der Waals surface area contributed by atoms with Gasteiger partial charge in [0.25, 0.3) is 5.91 Å². The first-order valence-electron chi connectivity index (χ1n) is 8.99. The Bertz CT molecular complexity index is 1110. The van der Waals surface area contributed by atoms with Crippen molar-refractivity contribution >= 4 is 38.6 Å². The first-order chi connectivity index (χ1) is 13.0. The largest absolute Gasteiger partial charge is 0.325 e. The minimum Gasteiger partial charge on any atom is -0.325 e. The molecule has 1 aromatic carbocycles. The van der Waals surface area contributed by atoms with Crippen LogP contribution in [-0.2, 0) is 40.2 Å². The molecule has 2 aromatic rings. The fourth-order valence-corrected chi connectivity index (χ4v) is 7.54. The minimum absolute atomic E-state index is 0.0989. The van der Waals surface area contributed by atoms with Crippen molar-refractivity contribution in [1.29, 1.82) is 0 Å². The molecular formula is C19H17FN2O3S2. The Morgan fingerprint density at radius 2 is 1.78 bits per heavy atom. The number of nitrogens with one attached hydrogen (secondary N) is 1. The van der Waals surface area contributed by atoms with Gasteiger partial charge in [-0.2, -0.15) is 4.36 Å². The van der Waals surface area contributed by atoms with Crippen molar-refractivity contribution in [2.24, 2.45) is 4.36 Å². The van der Waals surface area contributed by atoms with E-state index in [9.17, 15) is 18.2 Å². The molecule has 140 valence electrons. The van der Waals surface area contributed by atoms with Crippen LogP contribution in [0.15, 0.2) is 20.7 Å². The van der Waals surface area contributed by atoms with Gasteiger partial charge in [0.05, 0.1) is 14.6 Å². The third kappa shape index (κ3) is 2.50. The Hall–Kier alpha value is -2.06. The number of hydrogen-bond acceptors (Lipinski definition) is 4. The molecule has 5 nitrogen and oxygen atoms in total. The summed E-state index contributed by atoms with van der Waals surface area (Å²) in [5.74, 6) is -1.41. The third-order valence-electron chi connectivity index (χ3n) is 5.56. The number of amides is 2. The van der Waals surface area contributed by atoms with Crippen molar-refractivity contribution in [3.63, 3.8) is 0 Å². The van der Waals surface area contributed by atoms with Crippen LogP contribution in [0.1, 0.15) is 44.8 Å². The molecule has 1 atom stereocenters. The molecule has 0 fully saturated rings. The summed E-state index contributed by atoms with van der Waals surface area (Å²) in [7, 11) is -3.07. The summed E-state index contributed by atoms with van der Waals surface area (Å²) in [6, 6.07) is 1.61. The molecule has 0 spiro atoms. The van der Waals surface area contributed by atoms with Gasteiger partial charge >= 0.3 is 0 Å². The molecule has 27 heavy (non-hydrogen) atoms. The van der Waals surface area contributed by atoms with Crippen molar-refractivity contribution in [2.45, 2.75) is 43.4 Å². The summed E-state index contributed by atoms with van der Waals surface area (Å²) >= 11 is 1.19. The van der Waals surface area contributed by atoms with Crippen LogP contribution in [0.25, 0.3) is 0 Å². The molecule has 1 aliphatic heterocycles. The molecule has 5 rings (SSSR count). The van der Waals surface area contributed by atoms with Crippen molar-refractivity contribution < 1.29 is 18.2 Å². The molecule has 3 aliphatic rings. The second kappa shape index (κ2) is 5.97. The highest BCUT2D eigenvalue weighted by molar-refractivity contribution is 7.95. The second-order valence-corrected chi connectivity index (χ2v) is 10.3. The highest BCUT2D eigenvalue weighted by Gasteiger charge is 2.34. The van der Waals surface area contributed by atoms with E-state index in [1.807, 2.05) is 0 Å². The zero-order chi connectivity index (χ0) is 18.8. The van der Waals surface area contributed by atoms with Crippen LogP contribution >= 0.6 is 11.3 Å². The van der Waals surface area contributed by atoms with E-state index < -0.39 is 21.5 Å². The number of thiophene rings is 1. The van der Waals surface area contributed by atoms with Crippen molar-refractivity contribution in [2.75, 3.05) is 11.1 Å². The molecule has 0 radical (unpaired) electrons. The van der Waals surface area contributed by atoms with Crippen LogP contribution in [0.2, 0.25) is 0 Å². The fraction of sp³-hybridized carbons (Fsp3) is 0.368. The zero-order valence-electron chi connectivity index (χ0n) is 14.5. The topological polar surface area (TPSA) is 75.6 Å². The van der Waals surface area contributed by atoms with E-state index in [0.29, 0.717) is 28.3 Å². The van der Waals surface area contributed by atoms with E-state index in [0.717, 1.165) is 47.9 Å². The maximum absolute atomic E-state index is 14.7. The van der Waals surface area contributed by atoms with Gasteiger partial charge in [0, 0.05) is 5.69 Å². The number of nitrogens with zero attached hydrogens (tertiary/aromatic N) is 1. The van der Waals surface area contributed by atoms with Crippen LogP contribution in [-0.4, -0.2) is 21.8 Å². The summed E-state index contributed by atoms with van der Waals surface area (Å²) in [4.78, 5) is 25.4. The van der Waals surface area contributed by atoms with Crippen LogP contribution in [0.4, 0.5) is 10.1 Å². The van der Waals surface area contributed by atoms with E-state index in [2.05, 4.69) is 9.68 Å². The smallest absolute Gasteiger partial charge is 0.296 e. The number of carbonyl (C=O) groups is 2. The number of benzene rings is 1. The van der Waals surface area contributed by atoms with Gasteiger partial charge in [0.15, 0.2) is 0 Å². The van der Waals surface area contributed by atoms with Crippen molar-refractivity contribution in [3.05, 3.63) is 44.4 Å². The Kier molecular flexibility index (Phi) is 3.77. The predicted octanol–water partition coefficient (Wildman–Crippen LogP) is 3.48. The van der Waals surface area contributed by atoms with Crippen molar-refractivity contribution in [3.8, 4) is 0 Å². The number of rotatable bonds is 3. The molecular weight excluding hydrogens is 387 g/mol. The summed E-state index contributed by atoms with van der Waals surface area (Å²) < 4.78 is 31.6. The Balaban J connectivity index is 1.49. The average Bonchev–Trinajstić information content (AvgIpc) is 3.39. The summed E-state index contributed by atoms with van der Waals surface area (Å²) in [5.41, 5.74) is 3.91. The lowest BCUT2D eigenvalue weighted by Crippen LogP contribution is -2.23. The lowest BCUT2D eigenvalue weighted by molar-refractivity contribution is -0.113. The summed E-state index contributed by atoms with van der Waals surface area (Å²) in [5, 5.41) is 4.60. The van der Waals surface area contributed by atoms with Gasteiger partial charge in [-0.05, 0) is 72.2 Å². The molecule has 8 heteroatoms. The lowest BCUT2D eigenvalue weighted by atomic mass is 9.97. The second-order valence-electron chi connectivity index (χ2n) is 7.15. The van der Waals surface area contributed by atoms with Crippen LogP contribution in [0.5, 0.6) is 0 Å². The van der Waals surface area contributed by atoms with E-state index in [4.69, 9.17) is 0 Å². The molecule has 0 bridgehead atoms. The molecule has 0 saturated carbocycles. The van der Waals surface area contributed by atoms with Gasteiger partial charge in [-0.15, -0.1) is 11.3 Å². The molecule has 2 amide bonds. The SMILES string of the molecule is O=C(CS1(=O)=NC(=O)c2sccc21)Nc1c2c(c(F)c3c1CCC3)CCC2. The number of carbonyl (C=O) groups excluding carboxylic acids is 2. The number of halogens is 1. The number of anilines is 1. The van der Waals surface area contributed by atoms with Crippen LogP contribution in [0, 0.1) is 5.82 Å². The van der Waals surface area contributed by atoms with Crippen LogP contribution in [0.3, 0.4) is 0 Å². The minimum atomic E-state index is -3.07. The molecule has 1 N–H and O–H groups in total. The maximum Gasteiger partial charge on any atom is 0.296 e. The number of hydrogen-bond donors (Lipinski definition) is 1. The highest BCUT2D eigenvalue weighted by Crippen LogP contribution is 2.41. The molecule has 1 aromatic heterocycles. The zero-order valence-corrected chi connectivity index (χ0v) is 16.1. The average molecular weight is 404 g/mol. The van der Waals surface area contributed by atoms with E-state index in [-0.39, 0.29) is 11.6 Å². The van der Waals surface area contributed by atoms with E-state index >= 15 is 0 Å². The predicted molar refractivity (Wildman–Crippen MR) is 101 cm³/mol. The summed E-state index contributed by atoms with van der Waals surface area (Å²) in [6.45, 7) is 0. The maximum atomic E-state index is 14.7. The molecule has 1 unspecified atom stereocenters. The molecule has 2 heterocycles. The first kappa shape index (κ1) is 17.1. The Morgan fingerprint density at radius 1 is 1.15 bits per heavy atom. The quantitative estimate of drug-likeness (QED) is 0.851. The van der Waals surface area contributed by atoms with Gasteiger partial charge in [-0.1, -0.05) is 0 Å². The highest BCUT2D eigenvalue weighted by atomic mass is 32.2. The summed E-state index contributed by atoms with van der Waals surface area (Å²) in [6.07, 6.45) is 4.60. The monoisotopic (exact) mass is 404 g/mol. The Labute approximate surface area is 160 Å². The normalized spacial score (nSPS) is 22.3. The van der Waals surface area contributed by atoms with Gasteiger partial charge in [0.2, 0.25) is 5.91 Å². The lowest BCUT2D eigenvalue weighted by Gasteiger charge is -2.17. The van der Waals surface area contributed by atoms with Crippen molar-refractivity contribution in [1.82, 2.24) is 0 Å². The molecule has 0 saturated heterocycles. The van der Waals surface area contributed by atoms with E-state index in [1.165, 1.54) is 11.3 Å². The standard InChI is InChI=1S/C19H17FN2O3S2/c20-16-10-3-1-5-12(10)17(13-6-2-4-11(13)16)21-15(23)9-27(25)14-7-8-26-18(14)19(24)22-27/h7-8H,1-6,9H2,(H,21,23). The first-order valence-corrected chi connectivity index (χ1v) is 11.6. The fourth-order valence-electron chi connectivity index (χ4n) is 4.43. The van der Waals surface area contributed by atoms with Gasteiger partial charge in [0.1, 0.15) is 16.4 Å². The van der Waals surface area contributed by atoms with Gasteiger partial charge < -0.3 is 5.32 Å². The number of fused-ring (bicyclic) bond motifs is 3. The van der Waals surface area contributed by atoms with Gasteiger partial charge in [-0.3, -0.25) is 9.59 Å². The Morgan fingerprint density at radius 3 is 2.44 bits per heavy atom.